The van der Waals surface area contributed by atoms with E-state index in [1.54, 1.807) is 13.8 Å². The lowest BCUT2D eigenvalue weighted by Gasteiger charge is -2.14. The minimum atomic E-state index is -1.21. The molecule has 148 valence electrons. The molecule has 0 radical (unpaired) electrons. The topological polar surface area (TPSA) is 128 Å². The Labute approximate surface area is 164 Å². The summed E-state index contributed by atoms with van der Waals surface area (Å²) in [7, 11) is 0. The number of hydrogen-bond donors (Lipinski definition) is 2. The summed E-state index contributed by atoms with van der Waals surface area (Å²) in [6.07, 6.45) is -1.21. The van der Waals surface area contributed by atoms with Gasteiger partial charge in [0.2, 0.25) is 5.91 Å². The number of hydrogen-bond acceptors (Lipinski definition) is 7. The van der Waals surface area contributed by atoms with Crippen molar-refractivity contribution in [1.82, 2.24) is 0 Å². The van der Waals surface area contributed by atoms with E-state index in [1.165, 1.54) is 49.4 Å². The molecule has 0 spiro atoms. The van der Waals surface area contributed by atoms with Crippen LogP contribution in [0.4, 0.5) is 16.4 Å². The first-order valence-corrected chi connectivity index (χ1v) is 9.06. The molecule has 0 unspecified atom stereocenters. The van der Waals surface area contributed by atoms with E-state index in [0.29, 0.717) is 10.6 Å². The Hall–Kier alpha value is -3.27. The number of rotatable bonds is 6. The predicted molar refractivity (Wildman–Crippen MR) is 105 cm³/mol. The number of nitro benzene ring substituents is 1. The van der Waals surface area contributed by atoms with Crippen molar-refractivity contribution in [3.63, 3.8) is 0 Å². The Morgan fingerprint density at radius 2 is 1.82 bits per heavy atom. The van der Waals surface area contributed by atoms with Gasteiger partial charge < -0.3 is 15.4 Å². The number of para-hydroxylation sites is 2. The molecule has 10 heteroatoms. The molecular weight excluding hydrogens is 386 g/mol. The van der Waals surface area contributed by atoms with Gasteiger partial charge in [-0.05, 0) is 32.4 Å². The van der Waals surface area contributed by atoms with Crippen molar-refractivity contribution in [2.75, 3.05) is 10.6 Å². The molecule has 1 aromatic heterocycles. The fourth-order valence-corrected chi connectivity index (χ4v) is 3.46. The number of esters is 1. The monoisotopic (exact) mass is 405 g/mol. The van der Waals surface area contributed by atoms with Gasteiger partial charge in [0, 0.05) is 17.9 Å². The van der Waals surface area contributed by atoms with Gasteiger partial charge in [-0.3, -0.25) is 19.7 Å². The van der Waals surface area contributed by atoms with E-state index in [0.717, 1.165) is 4.88 Å². The molecule has 2 rings (SSSR count). The lowest BCUT2D eigenvalue weighted by Crippen LogP contribution is -2.30. The minimum absolute atomic E-state index is 0.00175. The van der Waals surface area contributed by atoms with E-state index in [-0.39, 0.29) is 22.8 Å². The van der Waals surface area contributed by atoms with Crippen molar-refractivity contribution in [2.24, 2.45) is 0 Å². The number of nitrogens with one attached hydrogen (secondary N) is 2. The predicted octanol–water partition coefficient (Wildman–Crippen LogP) is 3.42. The fourth-order valence-electron chi connectivity index (χ4n) is 2.37. The highest BCUT2D eigenvalue weighted by Crippen LogP contribution is 2.33. The molecule has 0 bridgehead atoms. The molecule has 0 saturated heterocycles. The van der Waals surface area contributed by atoms with Gasteiger partial charge in [-0.25, -0.2) is 4.79 Å². The van der Waals surface area contributed by atoms with E-state index in [1.807, 2.05) is 0 Å². The summed E-state index contributed by atoms with van der Waals surface area (Å²) in [6, 6.07) is 5.65. The largest absolute Gasteiger partial charge is 0.449 e. The Balaban J connectivity index is 2.16. The maximum Gasteiger partial charge on any atom is 0.342 e. The minimum Gasteiger partial charge on any atom is -0.449 e. The number of ether oxygens (including phenoxy) is 1. The molecule has 2 N–H and O–H groups in total. The molecular formula is C18H19N3O6S. The Kier molecular flexibility index (Phi) is 6.47. The number of thiophene rings is 1. The Morgan fingerprint density at radius 3 is 2.43 bits per heavy atom. The number of carbonyl (C=O) groups excluding carboxylic acids is 3. The molecule has 9 nitrogen and oxygen atoms in total. The quantitative estimate of drug-likeness (QED) is 0.431. The molecule has 1 heterocycles. The van der Waals surface area contributed by atoms with Crippen LogP contribution in [0.5, 0.6) is 0 Å². The number of amides is 2. The van der Waals surface area contributed by atoms with Gasteiger partial charge in [0.25, 0.3) is 11.6 Å². The summed E-state index contributed by atoms with van der Waals surface area (Å²) < 4.78 is 5.22. The molecule has 28 heavy (non-hydrogen) atoms. The van der Waals surface area contributed by atoms with Gasteiger partial charge in [0.1, 0.15) is 10.7 Å². The van der Waals surface area contributed by atoms with Crippen molar-refractivity contribution in [1.29, 1.82) is 0 Å². The molecule has 0 aliphatic carbocycles. The maximum atomic E-state index is 12.6. The van der Waals surface area contributed by atoms with Crippen molar-refractivity contribution in [3.05, 3.63) is 50.4 Å². The smallest absolute Gasteiger partial charge is 0.342 e. The third kappa shape index (κ3) is 4.71. The van der Waals surface area contributed by atoms with Crippen LogP contribution >= 0.6 is 11.3 Å². The van der Waals surface area contributed by atoms with Crippen LogP contribution in [0.3, 0.4) is 0 Å². The van der Waals surface area contributed by atoms with Crippen LogP contribution in [0.1, 0.15) is 34.6 Å². The average molecular weight is 405 g/mol. The summed E-state index contributed by atoms with van der Waals surface area (Å²) in [4.78, 5) is 47.5. The number of aryl methyl sites for hydroxylation is 1. The first kappa shape index (κ1) is 21.0. The van der Waals surface area contributed by atoms with Crippen LogP contribution in [0.25, 0.3) is 0 Å². The highest BCUT2D eigenvalue weighted by atomic mass is 32.1. The molecule has 2 aromatic rings. The first-order chi connectivity index (χ1) is 13.1. The van der Waals surface area contributed by atoms with Crippen LogP contribution in [-0.2, 0) is 14.3 Å². The molecule has 0 aliphatic heterocycles. The molecule has 2 amide bonds. The zero-order valence-corrected chi connectivity index (χ0v) is 16.5. The highest BCUT2D eigenvalue weighted by Gasteiger charge is 2.26. The number of benzene rings is 1. The zero-order chi connectivity index (χ0) is 21.0. The van der Waals surface area contributed by atoms with E-state index in [4.69, 9.17) is 4.74 Å². The lowest BCUT2D eigenvalue weighted by atomic mass is 10.1. The maximum absolute atomic E-state index is 12.6. The Morgan fingerprint density at radius 1 is 1.18 bits per heavy atom. The zero-order valence-electron chi connectivity index (χ0n) is 15.7. The average Bonchev–Trinajstić information content (AvgIpc) is 2.88. The van der Waals surface area contributed by atoms with Crippen LogP contribution < -0.4 is 10.6 Å². The molecule has 0 aliphatic rings. The third-order valence-electron chi connectivity index (χ3n) is 3.89. The second-order valence-corrected chi connectivity index (χ2v) is 7.20. The van der Waals surface area contributed by atoms with Crippen molar-refractivity contribution >= 4 is 45.5 Å². The number of nitrogens with zero attached hydrogens (tertiary/aromatic N) is 1. The lowest BCUT2D eigenvalue weighted by molar-refractivity contribution is -0.383. The summed E-state index contributed by atoms with van der Waals surface area (Å²) in [5, 5.41) is 16.4. The van der Waals surface area contributed by atoms with Gasteiger partial charge >= 0.3 is 5.97 Å². The van der Waals surface area contributed by atoms with Crippen LogP contribution in [0.2, 0.25) is 0 Å². The van der Waals surface area contributed by atoms with E-state index < -0.39 is 22.9 Å². The van der Waals surface area contributed by atoms with Crippen LogP contribution in [-0.4, -0.2) is 28.8 Å². The van der Waals surface area contributed by atoms with Gasteiger partial charge in [0.05, 0.1) is 10.5 Å². The molecule has 0 saturated carbocycles. The molecule has 1 aromatic carbocycles. The van der Waals surface area contributed by atoms with E-state index >= 15 is 0 Å². The van der Waals surface area contributed by atoms with E-state index in [2.05, 4.69) is 10.6 Å². The van der Waals surface area contributed by atoms with Crippen LogP contribution in [0, 0.1) is 24.0 Å². The van der Waals surface area contributed by atoms with Crippen molar-refractivity contribution in [3.8, 4) is 0 Å². The SMILES string of the molecule is CC(=O)Nc1sc(C)c(C)c1C(=O)O[C@@H](C)C(=O)Nc1ccccc1[N+](=O)[O-]. The second kappa shape index (κ2) is 8.61. The van der Waals surface area contributed by atoms with Crippen molar-refractivity contribution in [2.45, 2.75) is 33.8 Å². The summed E-state index contributed by atoms with van der Waals surface area (Å²) in [6.45, 7) is 6.19. The molecule has 1 atom stereocenters. The van der Waals surface area contributed by atoms with Gasteiger partial charge in [-0.15, -0.1) is 11.3 Å². The van der Waals surface area contributed by atoms with Gasteiger partial charge in [-0.1, -0.05) is 12.1 Å². The van der Waals surface area contributed by atoms with Gasteiger partial charge in [0.15, 0.2) is 6.10 Å². The molecule has 0 fully saturated rings. The number of carbonyl (C=O) groups is 3. The first-order valence-electron chi connectivity index (χ1n) is 8.24. The van der Waals surface area contributed by atoms with Gasteiger partial charge in [-0.2, -0.15) is 0 Å². The summed E-state index contributed by atoms with van der Waals surface area (Å²) in [5.74, 6) is -1.82. The highest BCUT2D eigenvalue weighted by molar-refractivity contribution is 7.16. The van der Waals surface area contributed by atoms with E-state index in [9.17, 15) is 24.5 Å². The summed E-state index contributed by atoms with van der Waals surface area (Å²) in [5.41, 5.74) is 0.557. The number of nitro groups is 1. The third-order valence-corrected chi connectivity index (χ3v) is 5.01. The van der Waals surface area contributed by atoms with Crippen LogP contribution in [0.15, 0.2) is 24.3 Å². The normalized spacial score (nSPS) is 11.4. The standard InChI is InChI=1S/C18H19N3O6S/c1-9-11(3)28-17(19-12(4)22)15(9)18(24)27-10(2)16(23)20-13-7-5-6-8-14(13)21(25)26/h5-8,10H,1-4H3,(H,19,22)(H,20,23)/t10-/m0/s1. The fraction of sp³-hybridized carbons (Fsp3) is 0.278. The van der Waals surface area contributed by atoms with Crippen molar-refractivity contribution < 1.29 is 24.0 Å². The summed E-state index contributed by atoms with van der Waals surface area (Å²) >= 11 is 1.23. The number of anilines is 2. The Bertz CT molecular complexity index is 953. The second-order valence-electron chi connectivity index (χ2n) is 5.98.